The molecule has 0 aliphatic carbocycles. The van der Waals surface area contributed by atoms with Gasteiger partial charge in [0.15, 0.2) is 0 Å². The molecule has 110 valence electrons. The van der Waals surface area contributed by atoms with E-state index in [1.54, 1.807) is 0 Å². The molecule has 2 aromatic carbocycles. The first-order chi connectivity index (χ1) is 9.97. The van der Waals surface area contributed by atoms with Gasteiger partial charge < -0.3 is 5.32 Å². The normalized spacial score (nSPS) is 12.0. The van der Waals surface area contributed by atoms with Gasteiger partial charge in [-0.25, -0.2) is 0 Å². The highest BCUT2D eigenvalue weighted by Gasteiger charge is 2.15. The van der Waals surface area contributed by atoms with Gasteiger partial charge in [-0.3, -0.25) is 4.79 Å². The minimum atomic E-state index is -0.0486. The van der Waals surface area contributed by atoms with E-state index in [-0.39, 0.29) is 11.8 Å². The van der Waals surface area contributed by atoms with E-state index >= 15 is 0 Å². The summed E-state index contributed by atoms with van der Waals surface area (Å²) < 4.78 is 0. The van der Waals surface area contributed by atoms with E-state index in [9.17, 15) is 4.79 Å². The summed E-state index contributed by atoms with van der Waals surface area (Å²) >= 11 is 0. The SMILES string of the molecule is Cc1cc(C)c(NC(=O)[C@H](C)Cc2ccccc2)c(C)c1. The van der Waals surface area contributed by atoms with E-state index in [2.05, 4.69) is 36.5 Å². The Bertz CT molecular complexity index is 608. The van der Waals surface area contributed by atoms with Crippen molar-refractivity contribution in [3.63, 3.8) is 0 Å². The summed E-state index contributed by atoms with van der Waals surface area (Å²) in [7, 11) is 0. The molecule has 0 bridgehead atoms. The van der Waals surface area contributed by atoms with Crippen molar-refractivity contribution >= 4 is 11.6 Å². The lowest BCUT2D eigenvalue weighted by atomic mass is 9.99. The number of amides is 1. The summed E-state index contributed by atoms with van der Waals surface area (Å²) in [5, 5.41) is 3.09. The van der Waals surface area contributed by atoms with Crippen LogP contribution in [0.5, 0.6) is 0 Å². The number of carbonyl (C=O) groups is 1. The molecular weight excluding hydrogens is 258 g/mol. The average Bonchev–Trinajstić information content (AvgIpc) is 2.43. The molecule has 0 aliphatic rings. The van der Waals surface area contributed by atoms with Crippen LogP contribution in [0.3, 0.4) is 0 Å². The molecule has 0 saturated heterocycles. The second-order valence-electron chi connectivity index (χ2n) is 5.85. The minimum Gasteiger partial charge on any atom is -0.325 e. The number of anilines is 1. The average molecular weight is 281 g/mol. The second-order valence-corrected chi connectivity index (χ2v) is 5.85. The third-order valence-corrected chi connectivity index (χ3v) is 3.76. The first kappa shape index (κ1) is 15.3. The molecular formula is C19H23NO. The van der Waals surface area contributed by atoms with Crippen molar-refractivity contribution in [3.05, 3.63) is 64.7 Å². The van der Waals surface area contributed by atoms with Gasteiger partial charge >= 0.3 is 0 Å². The Kier molecular flexibility index (Phi) is 4.79. The number of hydrogen-bond donors (Lipinski definition) is 1. The predicted octanol–water partition coefficient (Wildman–Crippen LogP) is 4.43. The quantitative estimate of drug-likeness (QED) is 0.882. The first-order valence-corrected chi connectivity index (χ1v) is 7.40. The molecule has 2 nitrogen and oxygen atoms in total. The van der Waals surface area contributed by atoms with Crippen LogP contribution < -0.4 is 5.32 Å². The maximum Gasteiger partial charge on any atom is 0.227 e. The molecule has 0 spiro atoms. The third-order valence-electron chi connectivity index (χ3n) is 3.76. The summed E-state index contributed by atoms with van der Waals surface area (Å²) in [6.45, 7) is 8.12. The van der Waals surface area contributed by atoms with Crippen molar-refractivity contribution < 1.29 is 4.79 Å². The fourth-order valence-electron chi connectivity index (χ4n) is 2.68. The number of hydrogen-bond acceptors (Lipinski definition) is 1. The zero-order valence-electron chi connectivity index (χ0n) is 13.2. The van der Waals surface area contributed by atoms with Crippen molar-refractivity contribution in [2.75, 3.05) is 5.32 Å². The Morgan fingerprint density at radius 1 is 1.05 bits per heavy atom. The van der Waals surface area contributed by atoms with Crippen molar-refractivity contribution in [1.82, 2.24) is 0 Å². The van der Waals surface area contributed by atoms with Gasteiger partial charge in [0.2, 0.25) is 5.91 Å². The molecule has 21 heavy (non-hydrogen) atoms. The molecule has 0 saturated carbocycles. The second kappa shape index (κ2) is 6.57. The topological polar surface area (TPSA) is 29.1 Å². The molecule has 0 fully saturated rings. The lowest BCUT2D eigenvalue weighted by molar-refractivity contribution is -0.119. The van der Waals surface area contributed by atoms with Crippen LogP contribution in [0.1, 0.15) is 29.2 Å². The van der Waals surface area contributed by atoms with Crippen molar-refractivity contribution in [3.8, 4) is 0 Å². The van der Waals surface area contributed by atoms with Gasteiger partial charge in [0.05, 0.1) is 0 Å². The maximum atomic E-state index is 12.4. The molecule has 1 amide bonds. The molecule has 2 aromatic rings. The maximum absolute atomic E-state index is 12.4. The highest BCUT2D eigenvalue weighted by atomic mass is 16.1. The van der Waals surface area contributed by atoms with Gasteiger partial charge in [-0.05, 0) is 43.9 Å². The van der Waals surface area contributed by atoms with E-state index in [1.807, 2.05) is 39.0 Å². The van der Waals surface area contributed by atoms with E-state index in [0.29, 0.717) is 0 Å². The van der Waals surface area contributed by atoms with E-state index in [0.717, 1.165) is 23.2 Å². The van der Waals surface area contributed by atoms with Gasteiger partial charge in [0.25, 0.3) is 0 Å². The number of rotatable bonds is 4. The number of benzene rings is 2. The molecule has 0 radical (unpaired) electrons. The summed E-state index contributed by atoms with van der Waals surface area (Å²) in [5.74, 6) is 0.0291. The van der Waals surface area contributed by atoms with Crippen LogP contribution in [0.4, 0.5) is 5.69 Å². The van der Waals surface area contributed by atoms with Crippen molar-refractivity contribution in [1.29, 1.82) is 0 Å². The number of nitrogens with one attached hydrogen (secondary N) is 1. The fraction of sp³-hybridized carbons (Fsp3) is 0.316. The van der Waals surface area contributed by atoms with Crippen LogP contribution in [-0.4, -0.2) is 5.91 Å². The Labute approximate surface area is 127 Å². The summed E-state index contributed by atoms with van der Waals surface area (Å²) in [6.07, 6.45) is 0.761. The smallest absolute Gasteiger partial charge is 0.227 e. The Balaban J connectivity index is 2.08. The molecule has 2 rings (SSSR count). The molecule has 2 heteroatoms. The largest absolute Gasteiger partial charge is 0.325 e. The Hall–Kier alpha value is -2.09. The molecule has 1 atom stereocenters. The molecule has 0 unspecified atom stereocenters. The standard InChI is InChI=1S/C19H23NO/c1-13-10-14(2)18(15(3)11-13)20-19(21)16(4)12-17-8-6-5-7-9-17/h5-11,16H,12H2,1-4H3,(H,20,21)/t16-/m1/s1. The van der Waals surface area contributed by atoms with Crippen LogP contribution in [-0.2, 0) is 11.2 Å². The summed E-state index contributed by atoms with van der Waals surface area (Å²) in [5.41, 5.74) is 5.60. The molecule has 0 heterocycles. The van der Waals surface area contributed by atoms with Crippen LogP contribution in [0.2, 0.25) is 0 Å². The molecule has 0 aliphatic heterocycles. The molecule has 1 N–H and O–H groups in total. The van der Waals surface area contributed by atoms with Crippen LogP contribution in [0.15, 0.2) is 42.5 Å². The minimum absolute atomic E-state index is 0.0486. The predicted molar refractivity (Wildman–Crippen MR) is 88.6 cm³/mol. The summed E-state index contributed by atoms with van der Waals surface area (Å²) in [4.78, 5) is 12.4. The van der Waals surface area contributed by atoms with Gasteiger partial charge in [-0.15, -0.1) is 0 Å². The number of aryl methyl sites for hydroxylation is 3. The highest BCUT2D eigenvalue weighted by Crippen LogP contribution is 2.23. The Morgan fingerprint density at radius 3 is 2.19 bits per heavy atom. The van der Waals surface area contributed by atoms with E-state index in [4.69, 9.17) is 0 Å². The van der Waals surface area contributed by atoms with Crippen molar-refractivity contribution in [2.24, 2.45) is 5.92 Å². The highest BCUT2D eigenvalue weighted by molar-refractivity contribution is 5.94. The van der Waals surface area contributed by atoms with Crippen LogP contribution in [0.25, 0.3) is 0 Å². The zero-order valence-corrected chi connectivity index (χ0v) is 13.2. The van der Waals surface area contributed by atoms with Crippen molar-refractivity contribution in [2.45, 2.75) is 34.1 Å². The number of carbonyl (C=O) groups excluding carboxylic acids is 1. The summed E-state index contributed by atoms with van der Waals surface area (Å²) in [6, 6.07) is 14.3. The lowest BCUT2D eigenvalue weighted by Crippen LogP contribution is -2.23. The van der Waals surface area contributed by atoms with Gasteiger partial charge in [0, 0.05) is 11.6 Å². The Morgan fingerprint density at radius 2 is 1.62 bits per heavy atom. The van der Waals surface area contributed by atoms with E-state index in [1.165, 1.54) is 11.1 Å². The van der Waals surface area contributed by atoms with Gasteiger partial charge in [-0.2, -0.15) is 0 Å². The van der Waals surface area contributed by atoms with Gasteiger partial charge in [0.1, 0.15) is 0 Å². The van der Waals surface area contributed by atoms with Gasteiger partial charge in [-0.1, -0.05) is 55.0 Å². The monoisotopic (exact) mass is 281 g/mol. The lowest BCUT2D eigenvalue weighted by Gasteiger charge is -2.16. The molecule has 0 aromatic heterocycles. The fourth-order valence-corrected chi connectivity index (χ4v) is 2.68. The first-order valence-electron chi connectivity index (χ1n) is 7.40. The zero-order chi connectivity index (χ0) is 15.4. The third kappa shape index (κ3) is 3.94. The van der Waals surface area contributed by atoms with Crippen LogP contribution in [0, 0.1) is 26.7 Å². The van der Waals surface area contributed by atoms with Crippen LogP contribution >= 0.6 is 0 Å². The van der Waals surface area contributed by atoms with E-state index < -0.39 is 0 Å².